The summed E-state index contributed by atoms with van der Waals surface area (Å²) >= 11 is 0. The predicted octanol–water partition coefficient (Wildman–Crippen LogP) is 3.19. The summed E-state index contributed by atoms with van der Waals surface area (Å²) in [5, 5.41) is 8.15. The average Bonchev–Trinajstić information content (AvgIpc) is 2.74. The molecule has 2 rings (SSSR count). The molecule has 0 aromatic heterocycles. The van der Waals surface area contributed by atoms with Crippen LogP contribution in [0.3, 0.4) is 0 Å². The quantitative estimate of drug-likeness (QED) is 0.485. The summed E-state index contributed by atoms with van der Waals surface area (Å²) in [5.41, 5.74) is 1.49. The molecule has 0 saturated carbocycles. The Morgan fingerprint density at radius 3 is 1.00 bits per heavy atom. The molecule has 0 bridgehead atoms. The summed E-state index contributed by atoms with van der Waals surface area (Å²) in [7, 11) is 9.33. The summed E-state index contributed by atoms with van der Waals surface area (Å²) < 4.78 is 31.9. The first-order chi connectivity index (χ1) is 13.6. The van der Waals surface area contributed by atoms with Gasteiger partial charge in [-0.1, -0.05) is 0 Å². The van der Waals surface area contributed by atoms with Crippen LogP contribution in [-0.2, 0) is 0 Å². The molecular formula is C20H24N2O6. The lowest BCUT2D eigenvalue weighted by Gasteiger charge is -2.12. The van der Waals surface area contributed by atoms with Crippen LogP contribution in [-0.4, -0.2) is 55.1 Å². The van der Waals surface area contributed by atoms with Gasteiger partial charge in [0, 0.05) is 11.1 Å². The zero-order valence-electron chi connectivity index (χ0n) is 16.8. The molecule has 0 saturated heterocycles. The first-order valence-electron chi connectivity index (χ1n) is 8.28. The van der Waals surface area contributed by atoms with E-state index in [4.69, 9.17) is 28.4 Å². The smallest absolute Gasteiger partial charge is 0.203 e. The number of methoxy groups -OCH3 is 6. The molecule has 8 heteroatoms. The van der Waals surface area contributed by atoms with E-state index in [1.54, 1.807) is 79.4 Å². The number of benzene rings is 2. The zero-order chi connectivity index (χ0) is 20.5. The van der Waals surface area contributed by atoms with Gasteiger partial charge in [0.25, 0.3) is 0 Å². The Kier molecular flexibility index (Phi) is 7.50. The van der Waals surface area contributed by atoms with Crippen LogP contribution in [0.4, 0.5) is 0 Å². The monoisotopic (exact) mass is 388 g/mol. The molecule has 0 aliphatic heterocycles. The van der Waals surface area contributed by atoms with E-state index in [0.717, 1.165) is 11.1 Å². The zero-order valence-corrected chi connectivity index (χ0v) is 16.8. The van der Waals surface area contributed by atoms with Crippen LogP contribution >= 0.6 is 0 Å². The lowest BCUT2D eigenvalue weighted by atomic mass is 10.2. The van der Waals surface area contributed by atoms with Crippen LogP contribution in [0.5, 0.6) is 34.5 Å². The van der Waals surface area contributed by atoms with Gasteiger partial charge in [-0.25, -0.2) is 0 Å². The standard InChI is InChI=1S/C20H24N2O6/c1-23-15-7-13(8-16(24-2)19(15)27-5)11-21-22-12-14-9-17(25-3)20(28-6)18(10-14)26-4/h7-12H,1-6H3. The lowest BCUT2D eigenvalue weighted by molar-refractivity contribution is 0.324. The third-order valence-corrected chi connectivity index (χ3v) is 3.85. The van der Waals surface area contributed by atoms with Crippen LogP contribution in [0.25, 0.3) is 0 Å². The van der Waals surface area contributed by atoms with Crippen molar-refractivity contribution in [3.05, 3.63) is 35.4 Å². The maximum Gasteiger partial charge on any atom is 0.203 e. The summed E-state index contributed by atoms with van der Waals surface area (Å²) in [6.45, 7) is 0. The second kappa shape index (κ2) is 10.1. The Bertz CT molecular complexity index is 742. The Balaban J connectivity index is 2.26. The molecule has 0 radical (unpaired) electrons. The third-order valence-electron chi connectivity index (χ3n) is 3.85. The van der Waals surface area contributed by atoms with Gasteiger partial charge in [-0.3, -0.25) is 0 Å². The molecule has 28 heavy (non-hydrogen) atoms. The molecule has 0 N–H and O–H groups in total. The minimum absolute atomic E-state index is 0.517. The molecule has 0 amide bonds. The lowest BCUT2D eigenvalue weighted by Crippen LogP contribution is -1.97. The molecule has 0 unspecified atom stereocenters. The van der Waals surface area contributed by atoms with Crippen LogP contribution in [0.1, 0.15) is 11.1 Å². The fourth-order valence-electron chi connectivity index (χ4n) is 2.55. The van der Waals surface area contributed by atoms with Crippen molar-refractivity contribution in [2.75, 3.05) is 42.7 Å². The van der Waals surface area contributed by atoms with Crippen molar-refractivity contribution in [2.45, 2.75) is 0 Å². The predicted molar refractivity (Wildman–Crippen MR) is 107 cm³/mol. The van der Waals surface area contributed by atoms with Crippen molar-refractivity contribution in [1.29, 1.82) is 0 Å². The minimum Gasteiger partial charge on any atom is -0.493 e. The van der Waals surface area contributed by atoms with Gasteiger partial charge >= 0.3 is 0 Å². The minimum atomic E-state index is 0.517. The van der Waals surface area contributed by atoms with Gasteiger partial charge in [-0.2, -0.15) is 10.2 Å². The van der Waals surface area contributed by atoms with Gasteiger partial charge in [0.1, 0.15) is 0 Å². The van der Waals surface area contributed by atoms with Gasteiger partial charge in [0.05, 0.1) is 55.1 Å². The maximum absolute atomic E-state index is 5.32. The van der Waals surface area contributed by atoms with Crippen LogP contribution in [0, 0.1) is 0 Å². The van der Waals surface area contributed by atoms with Crippen LogP contribution < -0.4 is 28.4 Å². The van der Waals surface area contributed by atoms with E-state index in [2.05, 4.69) is 10.2 Å². The maximum atomic E-state index is 5.32. The van der Waals surface area contributed by atoms with E-state index < -0.39 is 0 Å². The molecule has 2 aromatic carbocycles. The van der Waals surface area contributed by atoms with Crippen LogP contribution in [0.2, 0.25) is 0 Å². The number of hydrogen-bond donors (Lipinski definition) is 0. The van der Waals surface area contributed by atoms with Crippen molar-refractivity contribution in [3.63, 3.8) is 0 Å². The Labute approximate surface area is 164 Å². The number of ether oxygens (including phenoxy) is 6. The first kappa shape index (κ1) is 20.9. The second-order valence-corrected chi connectivity index (χ2v) is 5.41. The van der Waals surface area contributed by atoms with Crippen molar-refractivity contribution in [1.82, 2.24) is 0 Å². The highest BCUT2D eigenvalue weighted by molar-refractivity contribution is 5.85. The number of nitrogens with zero attached hydrogens (tertiary/aromatic N) is 2. The van der Waals surface area contributed by atoms with Gasteiger partial charge < -0.3 is 28.4 Å². The van der Waals surface area contributed by atoms with E-state index in [-0.39, 0.29) is 0 Å². The van der Waals surface area contributed by atoms with Gasteiger partial charge in [0.15, 0.2) is 23.0 Å². The Morgan fingerprint density at radius 2 is 0.786 bits per heavy atom. The van der Waals surface area contributed by atoms with Crippen molar-refractivity contribution in [3.8, 4) is 34.5 Å². The second-order valence-electron chi connectivity index (χ2n) is 5.41. The van der Waals surface area contributed by atoms with E-state index in [0.29, 0.717) is 34.5 Å². The van der Waals surface area contributed by atoms with Gasteiger partial charge in [-0.05, 0) is 24.3 Å². The van der Waals surface area contributed by atoms with Gasteiger partial charge in [-0.15, -0.1) is 0 Å². The van der Waals surface area contributed by atoms with Crippen molar-refractivity contribution in [2.24, 2.45) is 10.2 Å². The van der Waals surface area contributed by atoms with E-state index in [9.17, 15) is 0 Å². The Hall–Kier alpha value is -3.42. The molecule has 0 atom stereocenters. The highest BCUT2D eigenvalue weighted by Crippen LogP contribution is 2.38. The molecule has 8 nitrogen and oxygen atoms in total. The number of rotatable bonds is 9. The molecule has 0 aliphatic rings. The highest BCUT2D eigenvalue weighted by atomic mass is 16.5. The summed E-state index contributed by atoms with van der Waals surface area (Å²) in [6, 6.07) is 7.11. The molecule has 0 fully saturated rings. The topological polar surface area (TPSA) is 80.1 Å². The fourth-order valence-corrected chi connectivity index (χ4v) is 2.55. The summed E-state index contributed by atoms with van der Waals surface area (Å²) in [5.74, 6) is 3.19. The normalized spacial score (nSPS) is 10.9. The molecular weight excluding hydrogens is 364 g/mol. The number of hydrogen-bond acceptors (Lipinski definition) is 8. The van der Waals surface area contributed by atoms with E-state index >= 15 is 0 Å². The molecule has 2 aromatic rings. The SMILES string of the molecule is COc1cc(C=NN=Cc2cc(OC)c(OC)c(OC)c2)cc(OC)c1OC. The van der Waals surface area contributed by atoms with E-state index in [1.807, 2.05) is 0 Å². The highest BCUT2D eigenvalue weighted by Gasteiger charge is 2.13. The Morgan fingerprint density at radius 1 is 0.500 bits per heavy atom. The van der Waals surface area contributed by atoms with Crippen molar-refractivity contribution >= 4 is 12.4 Å². The summed E-state index contributed by atoms with van der Waals surface area (Å²) in [6.07, 6.45) is 3.16. The molecule has 150 valence electrons. The fraction of sp³-hybridized carbons (Fsp3) is 0.300. The molecule has 0 spiro atoms. The first-order valence-corrected chi connectivity index (χ1v) is 8.28. The summed E-state index contributed by atoms with van der Waals surface area (Å²) in [4.78, 5) is 0. The largest absolute Gasteiger partial charge is 0.493 e. The third kappa shape index (κ3) is 4.64. The van der Waals surface area contributed by atoms with Crippen LogP contribution in [0.15, 0.2) is 34.5 Å². The van der Waals surface area contributed by atoms with E-state index in [1.165, 1.54) is 0 Å². The average molecular weight is 388 g/mol. The molecule has 0 aliphatic carbocycles. The van der Waals surface area contributed by atoms with Gasteiger partial charge in [0.2, 0.25) is 11.5 Å². The van der Waals surface area contributed by atoms with Crippen molar-refractivity contribution < 1.29 is 28.4 Å². The molecule has 0 heterocycles.